The van der Waals surface area contributed by atoms with Crippen LogP contribution >= 0.6 is 11.3 Å². The van der Waals surface area contributed by atoms with Crippen molar-refractivity contribution in [3.8, 4) is 0 Å². The highest BCUT2D eigenvalue weighted by atomic mass is 32.1. The highest BCUT2D eigenvalue weighted by Gasteiger charge is 2.26. The van der Waals surface area contributed by atoms with Crippen molar-refractivity contribution in [2.45, 2.75) is 31.7 Å². The Morgan fingerprint density at radius 3 is 2.30 bits per heavy atom. The number of amides is 2. The minimum absolute atomic E-state index is 0.245. The molecule has 1 aromatic heterocycles. The molecule has 1 aliphatic rings. The topological polar surface area (TPSA) is 96.2 Å². The normalized spacial score (nSPS) is 15.1. The van der Waals surface area contributed by atoms with Crippen molar-refractivity contribution in [1.29, 1.82) is 0 Å². The number of carbonyl (C=O) groups is 2. The van der Waals surface area contributed by atoms with E-state index in [0.717, 1.165) is 12.8 Å². The summed E-state index contributed by atoms with van der Waals surface area (Å²) in [6.45, 7) is 0. The van der Waals surface area contributed by atoms with Crippen LogP contribution in [0.1, 0.15) is 45.7 Å². The molecule has 0 aromatic carbocycles. The summed E-state index contributed by atoms with van der Waals surface area (Å²) >= 11 is 1.24. The van der Waals surface area contributed by atoms with E-state index >= 15 is 0 Å². The molecule has 1 saturated carbocycles. The van der Waals surface area contributed by atoms with E-state index in [1.54, 1.807) is 14.1 Å². The first-order chi connectivity index (χ1) is 9.58. The Morgan fingerprint density at radius 1 is 1.15 bits per heavy atom. The summed E-state index contributed by atoms with van der Waals surface area (Å²) in [6.07, 6.45) is 4.55. The molecule has 0 bridgehead atoms. The molecule has 5 N–H and O–H groups in total. The van der Waals surface area contributed by atoms with Crippen LogP contribution in [0.5, 0.6) is 0 Å². The number of nitrogens with one attached hydrogen (secondary N) is 3. The second kappa shape index (κ2) is 6.13. The quantitative estimate of drug-likeness (QED) is 0.675. The van der Waals surface area contributed by atoms with Crippen molar-refractivity contribution in [3.63, 3.8) is 0 Å². The number of nitrogen functional groups attached to an aromatic ring is 1. The number of thiophene rings is 1. The van der Waals surface area contributed by atoms with Crippen LogP contribution in [-0.4, -0.2) is 32.0 Å². The average Bonchev–Trinajstić information content (AvgIpc) is 3.06. The van der Waals surface area contributed by atoms with Gasteiger partial charge in [-0.25, -0.2) is 0 Å². The standard InChI is InChI=1S/C13H20N4O2S/c1-15-11(18)8-9(14)10(12(19)16-2)20-13(8)17-7-5-3-4-6-7/h7,17H,3-6,14H2,1-2H3,(H,15,18)(H,16,19). The van der Waals surface area contributed by atoms with Crippen LogP contribution in [0.3, 0.4) is 0 Å². The van der Waals surface area contributed by atoms with Gasteiger partial charge < -0.3 is 21.7 Å². The molecule has 0 saturated heterocycles. The predicted octanol–water partition coefficient (Wildman–Crippen LogP) is 1.40. The Bertz CT molecular complexity index is 521. The highest BCUT2D eigenvalue weighted by Crippen LogP contribution is 2.37. The second-order valence-electron chi connectivity index (χ2n) is 4.83. The smallest absolute Gasteiger partial charge is 0.263 e. The molecule has 0 atom stereocenters. The van der Waals surface area contributed by atoms with E-state index in [1.807, 2.05) is 0 Å². The first-order valence-electron chi connectivity index (χ1n) is 6.71. The zero-order valence-corrected chi connectivity index (χ0v) is 12.5. The molecule has 0 unspecified atom stereocenters. The Hall–Kier alpha value is -1.76. The number of carbonyl (C=O) groups excluding carboxylic acids is 2. The third-order valence-electron chi connectivity index (χ3n) is 3.52. The molecule has 1 aliphatic carbocycles. The van der Waals surface area contributed by atoms with Crippen LogP contribution in [-0.2, 0) is 0 Å². The number of anilines is 2. The molecule has 0 aliphatic heterocycles. The molecule has 1 fully saturated rings. The number of hydrogen-bond donors (Lipinski definition) is 4. The maximum atomic E-state index is 12.0. The first kappa shape index (κ1) is 14.6. The minimum Gasteiger partial charge on any atom is -0.397 e. The number of hydrogen-bond acceptors (Lipinski definition) is 5. The van der Waals surface area contributed by atoms with Gasteiger partial charge in [-0.2, -0.15) is 0 Å². The molecule has 110 valence electrons. The molecule has 6 nitrogen and oxygen atoms in total. The van der Waals surface area contributed by atoms with Gasteiger partial charge in [-0.3, -0.25) is 9.59 Å². The number of nitrogens with two attached hydrogens (primary N) is 1. The van der Waals surface area contributed by atoms with Crippen molar-refractivity contribution < 1.29 is 9.59 Å². The van der Waals surface area contributed by atoms with E-state index in [2.05, 4.69) is 16.0 Å². The van der Waals surface area contributed by atoms with Crippen LogP contribution in [0.15, 0.2) is 0 Å². The summed E-state index contributed by atoms with van der Waals surface area (Å²) in [5, 5.41) is 9.17. The van der Waals surface area contributed by atoms with Gasteiger partial charge in [-0.05, 0) is 12.8 Å². The van der Waals surface area contributed by atoms with Crippen molar-refractivity contribution in [1.82, 2.24) is 10.6 Å². The lowest BCUT2D eigenvalue weighted by molar-refractivity contribution is 0.0963. The van der Waals surface area contributed by atoms with Gasteiger partial charge in [0.25, 0.3) is 11.8 Å². The Kier molecular flexibility index (Phi) is 4.49. The average molecular weight is 296 g/mol. The summed E-state index contributed by atoms with van der Waals surface area (Å²) in [5.41, 5.74) is 6.60. The highest BCUT2D eigenvalue weighted by molar-refractivity contribution is 7.19. The van der Waals surface area contributed by atoms with E-state index in [-0.39, 0.29) is 17.5 Å². The largest absolute Gasteiger partial charge is 0.397 e. The third-order valence-corrected chi connectivity index (χ3v) is 4.66. The predicted molar refractivity (Wildman–Crippen MR) is 81.4 cm³/mol. The lowest BCUT2D eigenvalue weighted by Crippen LogP contribution is -2.22. The van der Waals surface area contributed by atoms with Crippen LogP contribution in [0.2, 0.25) is 0 Å². The van der Waals surface area contributed by atoms with E-state index in [9.17, 15) is 9.59 Å². The minimum atomic E-state index is -0.269. The zero-order valence-electron chi connectivity index (χ0n) is 11.7. The van der Waals surface area contributed by atoms with E-state index in [4.69, 9.17) is 5.73 Å². The van der Waals surface area contributed by atoms with Crippen LogP contribution in [0, 0.1) is 0 Å². The van der Waals surface area contributed by atoms with Crippen molar-refractivity contribution in [3.05, 3.63) is 10.4 Å². The molecule has 1 aromatic rings. The number of rotatable bonds is 4. The third kappa shape index (κ3) is 2.72. The van der Waals surface area contributed by atoms with E-state index in [1.165, 1.54) is 24.2 Å². The van der Waals surface area contributed by atoms with E-state index < -0.39 is 0 Å². The first-order valence-corrected chi connectivity index (χ1v) is 7.53. The molecular weight excluding hydrogens is 276 g/mol. The molecular formula is C13H20N4O2S. The fraction of sp³-hybridized carbons (Fsp3) is 0.538. The lowest BCUT2D eigenvalue weighted by atomic mass is 10.2. The van der Waals surface area contributed by atoms with Crippen molar-refractivity contribution in [2.24, 2.45) is 0 Å². The summed E-state index contributed by atoms with van der Waals surface area (Å²) in [5.74, 6) is -0.536. The van der Waals surface area contributed by atoms with Gasteiger partial charge >= 0.3 is 0 Å². The molecule has 20 heavy (non-hydrogen) atoms. The molecule has 1 heterocycles. The Labute approximate surface area is 122 Å². The fourth-order valence-electron chi connectivity index (χ4n) is 2.43. The SMILES string of the molecule is CNC(=O)c1sc(NC2CCCC2)c(C(=O)NC)c1N. The van der Waals surface area contributed by atoms with Crippen molar-refractivity contribution >= 4 is 33.8 Å². The second-order valence-corrected chi connectivity index (χ2v) is 5.85. The van der Waals surface area contributed by atoms with Crippen LogP contribution < -0.4 is 21.7 Å². The van der Waals surface area contributed by atoms with Gasteiger partial charge in [0.15, 0.2) is 0 Å². The fourth-order valence-corrected chi connectivity index (χ4v) is 3.57. The molecule has 7 heteroatoms. The van der Waals surface area contributed by atoms with Gasteiger partial charge in [0.05, 0.1) is 11.3 Å². The van der Waals surface area contributed by atoms with Gasteiger partial charge in [0.1, 0.15) is 9.88 Å². The molecule has 0 radical (unpaired) electrons. The van der Waals surface area contributed by atoms with Crippen LogP contribution in [0.25, 0.3) is 0 Å². The van der Waals surface area contributed by atoms with Gasteiger partial charge in [-0.1, -0.05) is 12.8 Å². The zero-order chi connectivity index (χ0) is 14.7. The van der Waals surface area contributed by atoms with Crippen molar-refractivity contribution in [2.75, 3.05) is 25.1 Å². The monoisotopic (exact) mass is 296 g/mol. The Balaban J connectivity index is 2.36. The summed E-state index contributed by atoms with van der Waals surface area (Å²) in [7, 11) is 3.10. The van der Waals surface area contributed by atoms with Gasteiger partial charge in [0.2, 0.25) is 0 Å². The van der Waals surface area contributed by atoms with E-state index in [0.29, 0.717) is 21.5 Å². The lowest BCUT2D eigenvalue weighted by Gasteiger charge is -2.13. The van der Waals surface area contributed by atoms with Crippen LogP contribution in [0.4, 0.5) is 10.7 Å². The summed E-state index contributed by atoms with van der Waals surface area (Å²) in [6, 6.07) is 0.356. The maximum absolute atomic E-state index is 12.0. The maximum Gasteiger partial charge on any atom is 0.263 e. The van der Waals surface area contributed by atoms with Gasteiger partial charge in [-0.15, -0.1) is 11.3 Å². The molecule has 0 spiro atoms. The molecule has 2 rings (SSSR count). The van der Waals surface area contributed by atoms with Gasteiger partial charge in [0, 0.05) is 20.1 Å². The molecule has 2 amide bonds. The summed E-state index contributed by atoms with van der Waals surface area (Å²) < 4.78 is 0. The summed E-state index contributed by atoms with van der Waals surface area (Å²) in [4.78, 5) is 24.2. The Morgan fingerprint density at radius 2 is 1.75 bits per heavy atom.